The van der Waals surface area contributed by atoms with E-state index in [0.29, 0.717) is 13.0 Å². The largest absolute Gasteiger partial charge is 0.462 e. The fourth-order valence-corrected chi connectivity index (χ4v) is 11.0. The molecule has 2 N–H and O–H groups in total. The Bertz CT molecular complexity index is 855. The van der Waals surface area contributed by atoms with Gasteiger partial charge in [-0.3, -0.25) is 9.69 Å². The van der Waals surface area contributed by atoms with Gasteiger partial charge in [-0.1, -0.05) is 6.92 Å². The number of esters is 1. The van der Waals surface area contributed by atoms with Crippen molar-refractivity contribution in [2.75, 3.05) is 41.0 Å². The van der Waals surface area contributed by atoms with E-state index in [1.807, 2.05) is 0 Å². The zero-order valence-electron chi connectivity index (χ0n) is 21.1. The van der Waals surface area contributed by atoms with Crippen molar-refractivity contribution >= 4 is 5.97 Å². The van der Waals surface area contributed by atoms with E-state index in [4.69, 9.17) is 18.9 Å². The van der Waals surface area contributed by atoms with Crippen LogP contribution in [0, 0.1) is 40.4 Å². The van der Waals surface area contributed by atoms with Crippen molar-refractivity contribution < 1.29 is 34.0 Å². The number of methoxy groups -OCH3 is 3. The van der Waals surface area contributed by atoms with Gasteiger partial charge in [-0.05, 0) is 31.7 Å². The molecule has 192 valence electrons. The molecule has 0 aromatic rings. The lowest BCUT2D eigenvalue weighted by molar-refractivity contribution is -0.274. The lowest BCUT2D eigenvalue weighted by Gasteiger charge is -2.68. The van der Waals surface area contributed by atoms with Gasteiger partial charge in [0.25, 0.3) is 0 Å². The summed E-state index contributed by atoms with van der Waals surface area (Å²) >= 11 is 0. The molecule has 8 heteroatoms. The summed E-state index contributed by atoms with van der Waals surface area (Å²) in [5, 5.41) is 24.7. The van der Waals surface area contributed by atoms with Gasteiger partial charge in [0, 0.05) is 81.8 Å². The van der Waals surface area contributed by atoms with E-state index in [-0.39, 0.29) is 59.2 Å². The number of likely N-dealkylation sites (tertiary alicyclic amines) is 1. The van der Waals surface area contributed by atoms with Crippen LogP contribution in [0.15, 0.2) is 0 Å². The van der Waals surface area contributed by atoms with Gasteiger partial charge in [0.2, 0.25) is 0 Å². The molecule has 0 radical (unpaired) electrons. The van der Waals surface area contributed by atoms with Crippen LogP contribution in [-0.4, -0.2) is 98.2 Å². The number of hydrogen-bond donors (Lipinski definition) is 2. The van der Waals surface area contributed by atoms with Crippen molar-refractivity contribution in [2.45, 2.75) is 75.6 Å². The van der Waals surface area contributed by atoms with Crippen LogP contribution >= 0.6 is 0 Å². The standard InChI is InChI=1S/C26H41NO7/c1-6-27-11-24(12-31-3)8-7-17(29)26-15-9-14-16(32-4)10-25(30,18(15)20(14)34-13(2)28)19(23(26)27)21(33-5)22(24)26/h14-23,29-30H,6-12H2,1-5H3/t14-,15-,16+,17+,18-,19+,20+,21-,22-,23?,24+,25-,26+/m1/s1. The minimum atomic E-state index is -1.09. The number of rotatable bonds is 6. The average Bonchev–Trinajstić information content (AvgIpc) is 3.23. The summed E-state index contributed by atoms with van der Waals surface area (Å²) in [5.41, 5.74) is -1.66. The molecule has 6 aliphatic rings. The zero-order valence-corrected chi connectivity index (χ0v) is 21.1. The van der Waals surface area contributed by atoms with Gasteiger partial charge < -0.3 is 29.2 Å². The quantitative estimate of drug-likeness (QED) is 0.546. The highest BCUT2D eigenvalue weighted by molar-refractivity contribution is 5.66. The smallest absolute Gasteiger partial charge is 0.302 e. The first kappa shape index (κ1) is 23.6. The summed E-state index contributed by atoms with van der Waals surface area (Å²) in [5.74, 6) is -0.586. The maximum absolute atomic E-state index is 12.7. The van der Waals surface area contributed by atoms with Crippen molar-refractivity contribution in [1.82, 2.24) is 4.90 Å². The molecular formula is C26H41NO7. The van der Waals surface area contributed by atoms with Gasteiger partial charge in [0.15, 0.2) is 0 Å². The van der Waals surface area contributed by atoms with Gasteiger partial charge in [-0.25, -0.2) is 0 Å². The molecule has 1 heterocycles. The molecule has 1 unspecified atom stereocenters. The summed E-state index contributed by atoms with van der Waals surface area (Å²) in [7, 11) is 5.23. The highest BCUT2D eigenvalue weighted by Gasteiger charge is 2.86. The molecule has 1 spiro atoms. The Balaban J connectivity index is 1.61. The molecule has 5 saturated carbocycles. The van der Waals surface area contributed by atoms with Gasteiger partial charge in [-0.2, -0.15) is 0 Å². The molecule has 8 nitrogen and oxygen atoms in total. The molecule has 6 rings (SSSR count). The second-order valence-electron chi connectivity index (χ2n) is 12.1. The van der Waals surface area contributed by atoms with Crippen molar-refractivity contribution in [3.8, 4) is 0 Å². The number of piperidine rings is 1. The van der Waals surface area contributed by atoms with Gasteiger partial charge in [0.05, 0.1) is 30.5 Å². The van der Waals surface area contributed by atoms with Crippen LogP contribution in [0.2, 0.25) is 0 Å². The lowest BCUT2D eigenvalue weighted by atomic mass is 9.43. The van der Waals surface area contributed by atoms with Gasteiger partial charge >= 0.3 is 5.97 Å². The number of fused-ring (bicyclic) bond motifs is 2. The SMILES string of the molecule is CCN1C[C@]2(COC)CC[C@H](O)[C@]34C1[C@H]([C@@H](OC)[C@H]23)[C@@]1(O)C[C@H](OC)[C@H]2C[C@@H]4[C@@H]1[C@H]2OC(C)=O. The van der Waals surface area contributed by atoms with Crippen molar-refractivity contribution in [1.29, 1.82) is 0 Å². The Morgan fingerprint density at radius 3 is 2.53 bits per heavy atom. The topological polar surface area (TPSA) is 97.7 Å². The van der Waals surface area contributed by atoms with E-state index in [1.165, 1.54) is 6.92 Å². The molecule has 1 aliphatic heterocycles. The molecule has 0 aromatic carbocycles. The molecule has 5 aliphatic carbocycles. The van der Waals surface area contributed by atoms with Crippen LogP contribution in [0.4, 0.5) is 0 Å². The Labute approximate surface area is 202 Å². The van der Waals surface area contributed by atoms with Crippen LogP contribution in [0.25, 0.3) is 0 Å². The summed E-state index contributed by atoms with van der Waals surface area (Å²) < 4.78 is 24.1. The van der Waals surface area contributed by atoms with Crippen molar-refractivity contribution in [3.63, 3.8) is 0 Å². The average molecular weight is 480 g/mol. The summed E-state index contributed by atoms with van der Waals surface area (Å²) in [6.45, 7) is 6.00. The number of ether oxygens (including phenoxy) is 4. The van der Waals surface area contributed by atoms with E-state index in [0.717, 1.165) is 32.4 Å². The number of nitrogens with zero attached hydrogens (tertiary/aromatic N) is 1. The van der Waals surface area contributed by atoms with E-state index >= 15 is 0 Å². The van der Waals surface area contributed by atoms with E-state index in [9.17, 15) is 15.0 Å². The van der Waals surface area contributed by atoms with Gasteiger partial charge in [0.1, 0.15) is 6.10 Å². The Kier molecular flexibility index (Phi) is 5.29. The highest BCUT2D eigenvalue weighted by atomic mass is 16.5. The molecule has 1 saturated heterocycles. The van der Waals surface area contributed by atoms with E-state index in [2.05, 4.69) is 11.8 Å². The molecule has 0 aromatic heterocycles. The third kappa shape index (κ3) is 2.48. The fraction of sp³-hybridized carbons (Fsp3) is 0.962. The van der Waals surface area contributed by atoms with E-state index < -0.39 is 23.2 Å². The third-order valence-corrected chi connectivity index (χ3v) is 11.4. The van der Waals surface area contributed by atoms with Crippen LogP contribution in [0.5, 0.6) is 0 Å². The third-order valence-electron chi connectivity index (χ3n) is 11.4. The van der Waals surface area contributed by atoms with E-state index in [1.54, 1.807) is 21.3 Å². The Morgan fingerprint density at radius 2 is 1.91 bits per heavy atom. The van der Waals surface area contributed by atoms with Crippen molar-refractivity contribution in [3.05, 3.63) is 0 Å². The van der Waals surface area contributed by atoms with Crippen LogP contribution in [-0.2, 0) is 23.7 Å². The molecule has 6 fully saturated rings. The zero-order chi connectivity index (χ0) is 24.2. The second-order valence-corrected chi connectivity index (χ2v) is 12.1. The molecule has 13 atom stereocenters. The van der Waals surface area contributed by atoms with Crippen LogP contribution in [0.1, 0.15) is 39.5 Å². The number of aliphatic hydroxyl groups is 2. The molecule has 0 amide bonds. The summed E-state index contributed by atoms with van der Waals surface area (Å²) in [6.07, 6.45) is 1.64. The number of hydrogen-bond acceptors (Lipinski definition) is 8. The monoisotopic (exact) mass is 479 g/mol. The van der Waals surface area contributed by atoms with Gasteiger partial charge in [-0.15, -0.1) is 0 Å². The summed E-state index contributed by atoms with van der Waals surface area (Å²) in [4.78, 5) is 14.7. The fourth-order valence-electron chi connectivity index (χ4n) is 11.0. The summed E-state index contributed by atoms with van der Waals surface area (Å²) in [6, 6.07) is 0.0197. The van der Waals surface area contributed by atoms with Crippen LogP contribution in [0.3, 0.4) is 0 Å². The molecular weight excluding hydrogens is 438 g/mol. The number of carbonyl (C=O) groups excluding carboxylic acids is 1. The predicted molar refractivity (Wildman–Crippen MR) is 122 cm³/mol. The minimum absolute atomic E-state index is 0.0197. The molecule has 34 heavy (non-hydrogen) atoms. The first-order valence-corrected chi connectivity index (χ1v) is 13.1. The van der Waals surface area contributed by atoms with Crippen molar-refractivity contribution in [2.24, 2.45) is 40.4 Å². The normalized spacial score (nSPS) is 57.0. The second kappa shape index (κ2) is 7.62. The lowest BCUT2D eigenvalue weighted by Crippen LogP contribution is -2.76. The number of carbonyl (C=O) groups is 1. The first-order chi connectivity index (χ1) is 16.2. The Hall–Kier alpha value is -0.770. The Morgan fingerprint density at radius 1 is 1.15 bits per heavy atom. The minimum Gasteiger partial charge on any atom is -0.462 e. The van der Waals surface area contributed by atoms with Crippen LogP contribution < -0.4 is 0 Å². The maximum Gasteiger partial charge on any atom is 0.302 e. The molecule has 7 bridgehead atoms. The predicted octanol–water partition coefficient (Wildman–Crippen LogP) is 1.07. The highest BCUT2D eigenvalue weighted by Crippen LogP contribution is 2.79. The number of aliphatic hydroxyl groups excluding tert-OH is 1. The maximum atomic E-state index is 12.7. The first-order valence-electron chi connectivity index (χ1n) is 13.1.